The van der Waals surface area contributed by atoms with E-state index in [9.17, 15) is 9.59 Å². The van der Waals surface area contributed by atoms with E-state index in [4.69, 9.17) is 19.2 Å². The predicted molar refractivity (Wildman–Crippen MR) is 116 cm³/mol. The highest BCUT2D eigenvalue weighted by Gasteiger charge is 2.80. The summed E-state index contributed by atoms with van der Waals surface area (Å²) in [5.74, 6) is -0.742. The molecule has 0 amide bonds. The summed E-state index contributed by atoms with van der Waals surface area (Å²) in [5.41, 5.74) is -0.252. The summed E-state index contributed by atoms with van der Waals surface area (Å²) in [4.78, 5) is 30.7. The maximum atomic E-state index is 13.6. The largest absolute Gasteiger partial charge is 0.479 e. The fourth-order valence-electron chi connectivity index (χ4n) is 5.17. The van der Waals surface area contributed by atoms with E-state index in [1.165, 1.54) is 6.92 Å². The summed E-state index contributed by atoms with van der Waals surface area (Å²) in [6.07, 6.45) is -0.507. The van der Waals surface area contributed by atoms with Gasteiger partial charge in [-0.15, -0.1) is 0 Å². The van der Waals surface area contributed by atoms with Gasteiger partial charge in [-0.2, -0.15) is 0 Å². The average molecular weight is 421 g/mol. The van der Waals surface area contributed by atoms with E-state index < -0.39 is 29.0 Å². The number of hydrogen-bond acceptors (Lipinski definition) is 6. The number of esters is 2. The molecule has 0 N–H and O–H groups in total. The van der Waals surface area contributed by atoms with Crippen LogP contribution in [0.2, 0.25) is 0 Å². The molecule has 0 bridgehead atoms. The predicted octanol–water partition coefficient (Wildman–Crippen LogP) is 4.00. The molecular formula is C25H27NO5. The van der Waals surface area contributed by atoms with Crippen molar-refractivity contribution in [2.24, 2.45) is 10.4 Å². The van der Waals surface area contributed by atoms with Crippen LogP contribution in [-0.2, 0) is 29.3 Å². The zero-order valence-electron chi connectivity index (χ0n) is 18.0. The molecule has 0 unspecified atom stereocenters. The quantitative estimate of drug-likeness (QED) is 0.659. The number of hydrogen-bond donors (Lipinski definition) is 0. The molecule has 4 rings (SSSR count). The standard InChI is InChI=1S/C25H27NO5/c1-4-29-22-21(31-17(3)27)24(23(28)30-5-2)16-20(18-12-8-6-9-13-18)25(24,26-22)19-14-10-7-11-15-19/h6-15,20-21H,4-5,16H2,1-3H3/t20-,21-,24-,25-/m1/s1. The Morgan fingerprint density at radius 3 is 2.23 bits per heavy atom. The highest BCUT2D eigenvalue weighted by Crippen LogP contribution is 2.71. The summed E-state index contributed by atoms with van der Waals surface area (Å²) in [6, 6.07) is 19.7. The first-order valence-electron chi connectivity index (χ1n) is 10.7. The zero-order valence-corrected chi connectivity index (χ0v) is 18.0. The van der Waals surface area contributed by atoms with E-state index in [0.29, 0.717) is 13.0 Å². The smallest absolute Gasteiger partial charge is 0.319 e. The number of benzene rings is 2. The highest BCUT2D eigenvalue weighted by atomic mass is 16.6. The first kappa shape index (κ1) is 21.1. The SMILES string of the molecule is CCOC(=O)[C@]12C[C@H](c3ccccc3)[C@@]1(c1ccccc1)N=C(OCC)[C@H]2OC(C)=O. The number of ether oxygens (including phenoxy) is 3. The van der Waals surface area contributed by atoms with Gasteiger partial charge in [0.25, 0.3) is 0 Å². The van der Waals surface area contributed by atoms with Gasteiger partial charge in [0, 0.05) is 12.8 Å². The third kappa shape index (κ3) is 3.04. The third-order valence-electron chi connectivity index (χ3n) is 6.30. The Morgan fingerprint density at radius 2 is 1.65 bits per heavy atom. The van der Waals surface area contributed by atoms with Crippen LogP contribution in [-0.4, -0.2) is 37.2 Å². The van der Waals surface area contributed by atoms with Crippen LogP contribution in [0.25, 0.3) is 0 Å². The Hall–Kier alpha value is -3.15. The molecule has 1 heterocycles. The van der Waals surface area contributed by atoms with Crippen LogP contribution >= 0.6 is 0 Å². The summed E-state index contributed by atoms with van der Waals surface area (Å²) in [6.45, 7) is 5.51. The maximum absolute atomic E-state index is 13.6. The van der Waals surface area contributed by atoms with Gasteiger partial charge in [-0.25, -0.2) is 4.99 Å². The number of nitrogens with zero attached hydrogens (tertiary/aromatic N) is 1. The second-order valence-corrected chi connectivity index (χ2v) is 7.86. The van der Waals surface area contributed by atoms with Gasteiger partial charge in [0.05, 0.1) is 13.2 Å². The lowest BCUT2D eigenvalue weighted by atomic mass is 9.44. The van der Waals surface area contributed by atoms with Crippen molar-refractivity contribution in [3.8, 4) is 0 Å². The second kappa shape index (κ2) is 8.17. The Labute approximate surface area is 182 Å². The van der Waals surface area contributed by atoms with E-state index in [1.807, 2.05) is 67.6 Å². The molecule has 0 spiro atoms. The molecule has 0 saturated heterocycles. The van der Waals surface area contributed by atoms with E-state index in [2.05, 4.69) is 0 Å². The van der Waals surface area contributed by atoms with Crippen LogP contribution < -0.4 is 0 Å². The van der Waals surface area contributed by atoms with Gasteiger partial charge in [-0.1, -0.05) is 60.7 Å². The van der Waals surface area contributed by atoms with Crippen molar-refractivity contribution in [3.63, 3.8) is 0 Å². The van der Waals surface area contributed by atoms with Crippen molar-refractivity contribution in [2.45, 2.75) is 44.8 Å². The lowest BCUT2D eigenvalue weighted by Crippen LogP contribution is -2.66. The van der Waals surface area contributed by atoms with Gasteiger partial charge >= 0.3 is 11.9 Å². The van der Waals surface area contributed by atoms with Crippen molar-refractivity contribution in [3.05, 3.63) is 71.8 Å². The molecule has 1 aliphatic heterocycles. The third-order valence-corrected chi connectivity index (χ3v) is 6.30. The van der Waals surface area contributed by atoms with E-state index in [1.54, 1.807) is 6.92 Å². The molecule has 162 valence electrons. The van der Waals surface area contributed by atoms with Crippen LogP contribution in [0.1, 0.15) is 44.2 Å². The topological polar surface area (TPSA) is 74.2 Å². The lowest BCUT2D eigenvalue weighted by Gasteiger charge is -2.58. The van der Waals surface area contributed by atoms with E-state index in [0.717, 1.165) is 11.1 Å². The van der Waals surface area contributed by atoms with Crippen molar-refractivity contribution < 1.29 is 23.8 Å². The molecule has 1 saturated carbocycles. The number of rotatable bonds is 6. The zero-order chi connectivity index (χ0) is 22.1. The summed E-state index contributed by atoms with van der Waals surface area (Å²) >= 11 is 0. The Balaban J connectivity index is 1.97. The molecule has 4 atom stereocenters. The van der Waals surface area contributed by atoms with Gasteiger partial charge in [0.1, 0.15) is 11.0 Å². The molecule has 0 radical (unpaired) electrons. The first-order chi connectivity index (χ1) is 15.0. The van der Waals surface area contributed by atoms with Crippen molar-refractivity contribution in [2.75, 3.05) is 13.2 Å². The minimum Gasteiger partial charge on any atom is -0.479 e. The van der Waals surface area contributed by atoms with Gasteiger partial charge in [0.15, 0.2) is 6.10 Å². The Morgan fingerprint density at radius 1 is 1.00 bits per heavy atom. The average Bonchev–Trinajstić information content (AvgIpc) is 2.95. The van der Waals surface area contributed by atoms with E-state index >= 15 is 0 Å². The van der Waals surface area contributed by atoms with Crippen LogP contribution in [0, 0.1) is 5.41 Å². The molecule has 2 aliphatic rings. The number of aliphatic imine (C=N–C) groups is 1. The van der Waals surface area contributed by atoms with Crippen LogP contribution in [0.5, 0.6) is 0 Å². The number of fused-ring (bicyclic) bond motifs is 1. The van der Waals surface area contributed by atoms with Gasteiger partial charge in [-0.3, -0.25) is 9.59 Å². The van der Waals surface area contributed by atoms with Crippen LogP contribution in [0.15, 0.2) is 65.7 Å². The molecule has 1 aliphatic carbocycles. The summed E-state index contributed by atoms with van der Waals surface area (Å²) < 4.78 is 17.1. The molecular weight excluding hydrogens is 394 g/mol. The fraction of sp³-hybridized carbons (Fsp3) is 0.400. The Bertz CT molecular complexity index is 989. The highest BCUT2D eigenvalue weighted by molar-refractivity contribution is 5.98. The Kier molecular flexibility index (Phi) is 5.56. The number of carbonyl (C=O) groups excluding carboxylic acids is 2. The van der Waals surface area contributed by atoms with Crippen molar-refractivity contribution >= 4 is 17.8 Å². The minimum absolute atomic E-state index is 0.100. The van der Waals surface area contributed by atoms with Crippen LogP contribution in [0.4, 0.5) is 0 Å². The molecule has 1 fully saturated rings. The number of carbonyl (C=O) groups is 2. The molecule has 2 aromatic rings. The van der Waals surface area contributed by atoms with E-state index in [-0.39, 0.29) is 18.4 Å². The van der Waals surface area contributed by atoms with Crippen LogP contribution in [0.3, 0.4) is 0 Å². The van der Waals surface area contributed by atoms with Gasteiger partial charge < -0.3 is 14.2 Å². The molecule has 31 heavy (non-hydrogen) atoms. The normalized spacial score (nSPS) is 28.7. The second-order valence-electron chi connectivity index (χ2n) is 7.86. The van der Waals surface area contributed by atoms with Crippen molar-refractivity contribution in [1.82, 2.24) is 0 Å². The molecule has 6 heteroatoms. The fourth-order valence-corrected chi connectivity index (χ4v) is 5.17. The lowest BCUT2D eigenvalue weighted by molar-refractivity contribution is -0.189. The first-order valence-corrected chi connectivity index (χ1v) is 10.7. The summed E-state index contributed by atoms with van der Waals surface area (Å²) in [5, 5.41) is 0. The molecule has 2 aromatic carbocycles. The summed E-state index contributed by atoms with van der Waals surface area (Å²) in [7, 11) is 0. The van der Waals surface area contributed by atoms with Gasteiger partial charge in [0.2, 0.25) is 5.90 Å². The molecule has 6 nitrogen and oxygen atoms in total. The van der Waals surface area contributed by atoms with Crippen molar-refractivity contribution in [1.29, 1.82) is 0 Å². The minimum atomic E-state index is -1.19. The van der Waals surface area contributed by atoms with Gasteiger partial charge in [-0.05, 0) is 31.4 Å². The molecule has 0 aromatic heterocycles. The maximum Gasteiger partial charge on any atom is 0.319 e. The monoisotopic (exact) mass is 421 g/mol.